The van der Waals surface area contributed by atoms with Crippen LogP contribution in [0.2, 0.25) is 0 Å². The third kappa shape index (κ3) is 5.03. The van der Waals surface area contributed by atoms with Gasteiger partial charge in [0.1, 0.15) is 0 Å². The van der Waals surface area contributed by atoms with Crippen molar-refractivity contribution >= 4 is 11.5 Å². The second kappa shape index (κ2) is 7.74. The van der Waals surface area contributed by atoms with Crippen LogP contribution in [0.1, 0.15) is 57.4 Å². The highest BCUT2D eigenvalue weighted by atomic mass is 32.1. The van der Waals surface area contributed by atoms with Crippen LogP contribution in [0.25, 0.3) is 0 Å². The lowest BCUT2D eigenvalue weighted by atomic mass is 10.0. The minimum atomic E-state index is 0.457. The maximum absolute atomic E-state index is 3.95. The number of nitrogens with one attached hydrogen (secondary N) is 1. The molecule has 3 nitrogen and oxygen atoms in total. The predicted molar refractivity (Wildman–Crippen MR) is 69.6 cm³/mol. The van der Waals surface area contributed by atoms with Gasteiger partial charge in [-0.2, -0.15) is 0 Å². The van der Waals surface area contributed by atoms with E-state index in [1.54, 1.807) is 0 Å². The molecule has 1 aromatic heterocycles. The molecule has 0 bridgehead atoms. The molecular formula is C12H23N3S. The van der Waals surface area contributed by atoms with Crippen molar-refractivity contribution in [3.05, 3.63) is 11.1 Å². The molecule has 1 N–H and O–H groups in total. The van der Waals surface area contributed by atoms with Crippen molar-refractivity contribution in [3.63, 3.8) is 0 Å². The molecule has 0 saturated heterocycles. The first-order chi connectivity index (χ1) is 7.74. The van der Waals surface area contributed by atoms with E-state index in [1.165, 1.54) is 42.1 Å². The first-order valence-corrected chi connectivity index (χ1v) is 7.02. The average Bonchev–Trinajstić information content (AvgIpc) is 2.75. The predicted octanol–water partition coefficient (Wildman–Crippen LogP) is 3.41. The summed E-state index contributed by atoms with van der Waals surface area (Å²) >= 11 is 1.52. The van der Waals surface area contributed by atoms with Gasteiger partial charge in [0, 0.05) is 6.04 Å². The Labute approximate surface area is 103 Å². The molecule has 0 aliphatic heterocycles. The molecule has 0 spiro atoms. The number of aromatic nitrogens is 2. The number of hydrogen-bond acceptors (Lipinski definition) is 4. The fourth-order valence-corrected chi connectivity index (χ4v) is 2.33. The van der Waals surface area contributed by atoms with Crippen molar-refractivity contribution in [3.8, 4) is 0 Å². The molecule has 0 fully saturated rings. The first-order valence-electron chi connectivity index (χ1n) is 6.24. The average molecular weight is 241 g/mol. The minimum absolute atomic E-state index is 0.457. The van der Waals surface area contributed by atoms with Gasteiger partial charge in [-0.1, -0.05) is 38.1 Å². The van der Waals surface area contributed by atoms with Gasteiger partial charge in [0.2, 0.25) is 0 Å². The summed E-state index contributed by atoms with van der Waals surface area (Å²) in [6.45, 7) is 7.83. The van der Waals surface area contributed by atoms with Gasteiger partial charge >= 0.3 is 0 Å². The van der Waals surface area contributed by atoms with Gasteiger partial charge in [-0.05, 0) is 36.8 Å². The van der Waals surface area contributed by atoms with E-state index >= 15 is 0 Å². The molecule has 0 aliphatic carbocycles. The zero-order valence-electron chi connectivity index (χ0n) is 10.6. The Balaban J connectivity index is 2.38. The maximum Gasteiger partial charge on any atom is 0.0669 e. The summed E-state index contributed by atoms with van der Waals surface area (Å²) in [5.41, 5.74) is 0. The van der Waals surface area contributed by atoms with E-state index in [9.17, 15) is 0 Å². The third-order valence-electron chi connectivity index (χ3n) is 2.64. The molecule has 1 atom stereocenters. The van der Waals surface area contributed by atoms with Gasteiger partial charge in [0.05, 0.1) is 11.1 Å². The lowest BCUT2D eigenvalue weighted by Crippen LogP contribution is -2.21. The van der Waals surface area contributed by atoms with Crippen LogP contribution in [-0.2, 0) is 0 Å². The highest BCUT2D eigenvalue weighted by Gasteiger charge is 2.12. The number of nitrogens with zero attached hydrogens (tertiary/aromatic N) is 2. The van der Waals surface area contributed by atoms with E-state index in [-0.39, 0.29) is 0 Å². The zero-order chi connectivity index (χ0) is 11.8. The van der Waals surface area contributed by atoms with Gasteiger partial charge in [0.25, 0.3) is 0 Å². The molecule has 1 rings (SSSR count). The summed E-state index contributed by atoms with van der Waals surface area (Å²) in [4.78, 5) is 1.28. The summed E-state index contributed by atoms with van der Waals surface area (Å²) < 4.78 is 3.95. The van der Waals surface area contributed by atoms with Gasteiger partial charge in [-0.25, -0.2) is 0 Å². The van der Waals surface area contributed by atoms with Crippen LogP contribution in [0.5, 0.6) is 0 Å². The fraction of sp³-hybridized carbons (Fsp3) is 0.833. The maximum atomic E-state index is 3.95. The summed E-state index contributed by atoms with van der Waals surface area (Å²) in [6, 6.07) is 0.457. The van der Waals surface area contributed by atoms with Crippen molar-refractivity contribution in [2.24, 2.45) is 5.92 Å². The SMILES string of the molecule is CCCNC(CCCC(C)C)c1cnns1. The van der Waals surface area contributed by atoms with E-state index < -0.39 is 0 Å². The molecule has 4 heteroatoms. The Hall–Kier alpha value is -0.480. The Morgan fingerprint density at radius 3 is 2.75 bits per heavy atom. The van der Waals surface area contributed by atoms with Crippen LogP contribution in [0.15, 0.2) is 6.20 Å². The Bertz CT molecular complexity index is 259. The molecule has 0 amide bonds. The Kier molecular flexibility index (Phi) is 6.57. The van der Waals surface area contributed by atoms with Crippen molar-refractivity contribution < 1.29 is 0 Å². The molecule has 92 valence electrons. The number of hydrogen-bond donors (Lipinski definition) is 1. The fourth-order valence-electron chi connectivity index (χ4n) is 1.72. The van der Waals surface area contributed by atoms with E-state index in [0.29, 0.717) is 6.04 Å². The van der Waals surface area contributed by atoms with Crippen LogP contribution in [0, 0.1) is 5.92 Å². The van der Waals surface area contributed by atoms with E-state index in [0.717, 1.165) is 12.5 Å². The standard InChI is InChI=1S/C12H23N3S/c1-4-8-13-11(7-5-6-10(2)3)12-9-14-15-16-12/h9-11,13H,4-8H2,1-3H3. The highest BCUT2D eigenvalue weighted by molar-refractivity contribution is 7.05. The van der Waals surface area contributed by atoms with Gasteiger partial charge in [-0.15, -0.1) is 5.10 Å². The van der Waals surface area contributed by atoms with Crippen molar-refractivity contribution in [1.29, 1.82) is 0 Å². The first kappa shape index (κ1) is 13.6. The van der Waals surface area contributed by atoms with Gasteiger partial charge < -0.3 is 5.32 Å². The third-order valence-corrected chi connectivity index (χ3v) is 3.41. The largest absolute Gasteiger partial charge is 0.309 e. The van der Waals surface area contributed by atoms with E-state index in [2.05, 4.69) is 35.7 Å². The second-order valence-electron chi connectivity index (χ2n) is 4.65. The van der Waals surface area contributed by atoms with Crippen molar-refractivity contribution in [1.82, 2.24) is 14.9 Å². The van der Waals surface area contributed by atoms with Crippen molar-refractivity contribution in [2.75, 3.05) is 6.54 Å². The lowest BCUT2D eigenvalue weighted by molar-refractivity contribution is 0.451. The molecular weight excluding hydrogens is 218 g/mol. The van der Waals surface area contributed by atoms with Crippen LogP contribution in [0.4, 0.5) is 0 Å². The molecule has 0 aromatic carbocycles. The van der Waals surface area contributed by atoms with Gasteiger partial charge in [-0.3, -0.25) is 0 Å². The van der Waals surface area contributed by atoms with Crippen LogP contribution in [0.3, 0.4) is 0 Å². The van der Waals surface area contributed by atoms with Gasteiger partial charge in [0.15, 0.2) is 0 Å². The second-order valence-corrected chi connectivity index (χ2v) is 5.47. The Morgan fingerprint density at radius 2 is 2.19 bits per heavy atom. The molecule has 0 aliphatic rings. The quantitative estimate of drug-likeness (QED) is 0.758. The Morgan fingerprint density at radius 1 is 1.38 bits per heavy atom. The minimum Gasteiger partial charge on any atom is -0.309 e. The molecule has 0 radical (unpaired) electrons. The van der Waals surface area contributed by atoms with Crippen LogP contribution in [-0.4, -0.2) is 16.1 Å². The summed E-state index contributed by atoms with van der Waals surface area (Å²) in [7, 11) is 0. The number of rotatable bonds is 8. The highest BCUT2D eigenvalue weighted by Crippen LogP contribution is 2.22. The van der Waals surface area contributed by atoms with Crippen molar-refractivity contribution in [2.45, 2.75) is 52.5 Å². The summed E-state index contributed by atoms with van der Waals surface area (Å²) in [5, 5.41) is 7.50. The van der Waals surface area contributed by atoms with E-state index in [4.69, 9.17) is 0 Å². The van der Waals surface area contributed by atoms with Crippen LogP contribution < -0.4 is 5.32 Å². The zero-order valence-corrected chi connectivity index (χ0v) is 11.4. The molecule has 16 heavy (non-hydrogen) atoms. The summed E-state index contributed by atoms with van der Waals surface area (Å²) in [5.74, 6) is 0.798. The monoisotopic (exact) mass is 241 g/mol. The smallest absolute Gasteiger partial charge is 0.0669 e. The van der Waals surface area contributed by atoms with E-state index in [1.807, 2.05) is 6.20 Å². The molecule has 0 saturated carbocycles. The lowest BCUT2D eigenvalue weighted by Gasteiger charge is -2.16. The topological polar surface area (TPSA) is 37.8 Å². The van der Waals surface area contributed by atoms with Crippen LogP contribution >= 0.6 is 11.5 Å². The molecule has 1 unspecified atom stereocenters. The normalized spacial score (nSPS) is 13.2. The summed E-state index contributed by atoms with van der Waals surface area (Å²) in [6.07, 6.45) is 6.84. The molecule has 1 aromatic rings. The molecule has 1 heterocycles.